The third-order valence-electron chi connectivity index (χ3n) is 4.57. The van der Waals surface area contributed by atoms with E-state index in [0.717, 1.165) is 12.8 Å². The number of hydrogen-bond acceptors (Lipinski definition) is 6. The van der Waals surface area contributed by atoms with Crippen molar-refractivity contribution in [3.63, 3.8) is 0 Å². The minimum atomic E-state index is -3.29. The van der Waals surface area contributed by atoms with Crippen molar-refractivity contribution < 1.29 is 18.0 Å². The molecular weight excluding hydrogens is 387 g/mol. The maximum atomic E-state index is 12.9. The van der Waals surface area contributed by atoms with Crippen LogP contribution >= 0.6 is 7.60 Å². The molecule has 0 N–H and O–H groups in total. The molecule has 0 fully saturated rings. The van der Waals surface area contributed by atoms with Crippen LogP contribution in [0.5, 0.6) is 0 Å². The van der Waals surface area contributed by atoms with Gasteiger partial charge in [-0.25, -0.2) is 0 Å². The number of hydrogen-bond donors (Lipinski definition) is 0. The second-order valence-corrected chi connectivity index (χ2v) is 10.4. The molecule has 0 aliphatic rings. The Hall–Kier alpha value is -0.710. The number of aryl methyl sites for hydroxylation is 1. The molecule has 0 aliphatic carbocycles. The average molecular weight is 431 g/mol. The minimum absolute atomic E-state index is 0.0224. The third-order valence-corrected chi connectivity index (χ3v) is 6.72. The van der Waals surface area contributed by atoms with E-state index in [1.807, 2.05) is 27.7 Å². The lowest BCUT2D eigenvalue weighted by molar-refractivity contribution is 0.140. The molecule has 0 aliphatic heterocycles. The molecule has 0 radical (unpaired) electrons. The number of unbranched alkanes of at least 4 members (excludes halogenated alkanes) is 10. The van der Waals surface area contributed by atoms with Gasteiger partial charge in [0.15, 0.2) is 0 Å². The lowest BCUT2D eigenvalue weighted by Gasteiger charge is -2.21. The summed E-state index contributed by atoms with van der Waals surface area (Å²) < 4.78 is 29.7. The first kappa shape index (κ1) is 26.3. The topological polar surface area (TPSA) is 74.5 Å². The van der Waals surface area contributed by atoms with Crippen molar-refractivity contribution in [3.8, 4) is 0 Å². The normalized spacial score (nSPS) is 12.4. The fourth-order valence-corrected chi connectivity index (χ4v) is 5.24. The van der Waals surface area contributed by atoms with Crippen molar-refractivity contribution in [3.05, 3.63) is 11.8 Å². The van der Waals surface area contributed by atoms with Crippen molar-refractivity contribution in [2.75, 3.05) is 0 Å². The Morgan fingerprint density at radius 2 is 1.21 bits per heavy atom. The number of aromatic nitrogens is 2. The smallest absolute Gasteiger partial charge is 0.340 e. The van der Waals surface area contributed by atoms with Gasteiger partial charge in [0.2, 0.25) is 11.8 Å². The van der Waals surface area contributed by atoms with Crippen LogP contribution in [-0.4, -0.2) is 22.4 Å². The molecule has 29 heavy (non-hydrogen) atoms. The van der Waals surface area contributed by atoms with Crippen molar-refractivity contribution in [1.82, 2.24) is 10.2 Å². The first-order valence-electron chi connectivity index (χ1n) is 11.6. The van der Waals surface area contributed by atoms with Gasteiger partial charge in [-0.2, -0.15) is 0 Å². The van der Waals surface area contributed by atoms with Crippen LogP contribution in [0.25, 0.3) is 0 Å². The predicted molar refractivity (Wildman–Crippen MR) is 118 cm³/mol. The van der Waals surface area contributed by atoms with Gasteiger partial charge in [-0.3, -0.25) is 4.57 Å². The first-order valence-corrected chi connectivity index (χ1v) is 13.3. The molecule has 0 bridgehead atoms. The van der Waals surface area contributed by atoms with E-state index < -0.39 is 7.60 Å². The predicted octanol–water partition coefficient (Wildman–Crippen LogP) is 7.47. The van der Waals surface area contributed by atoms with Crippen LogP contribution in [0, 0.1) is 0 Å². The molecule has 7 heteroatoms. The second-order valence-electron chi connectivity index (χ2n) is 8.45. The monoisotopic (exact) mass is 430 g/mol. The highest BCUT2D eigenvalue weighted by Crippen LogP contribution is 2.53. The largest absolute Gasteiger partial charge is 0.425 e. The summed E-state index contributed by atoms with van der Waals surface area (Å²) in [6, 6.07) is 0. The van der Waals surface area contributed by atoms with Gasteiger partial charge >= 0.3 is 7.60 Å². The van der Waals surface area contributed by atoms with E-state index in [2.05, 4.69) is 17.1 Å². The standard InChI is InChI=1S/C22H43N2O4P/c1-6-7-8-9-10-11-12-13-14-15-16-17-21-23-24-22(26-21)18-29(25,27-19(2)3)28-20(4)5/h19-20H,6-18H2,1-5H3. The summed E-state index contributed by atoms with van der Waals surface area (Å²) >= 11 is 0. The lowest BCUT2D eigenvalue weighted by atomic mass is 10.1. The van der Waals surface area contributed by atoms with E-state index in [4.69, 9.17) is 13.5 Å². The molecule has 1 heterocycles. The quantitative estimate of drug-likeness (QED) is 0.178. The van der Waals surface area contributed by atoms with Crippen LogP contribution in [-0.2, 0) is 26.2 Å². The lowest BCUT2D eigenvalue weighted by Crippen LogP contribution is -2.09. The molecule has 0 saturated heterocycles. The molecule has 0 unspecified atom stereocenters. The molecule has 0 atom stereocenters. The minimum Gasteiger partial charge on any atom is -0.425 e. The average Bonchev–Trinajstić information content (AvgIpc) is 3.04. The highest BCUT2D eigenvalue weighted by molar-refractivity contribution is 7.53. The zero-order valence-corrected chi connectivity index (χ0v) is 20.2. The Kier molecular flexibility index (Phi) is 13.7. The van der Waals surface area contributed by atoms with Crippen LogP contribution in [0.2, 0.25) is 0 Å². The summed E-state index contributed by atoms with van der Waals surface area (Å²) in [6.45, 7) is 9.60. The molecule has 1 aromatic rings. The Labute approximate surface area is 178 Å². The summed E-state index contributed by atoms with van der Waals surface area (Å²) in [5.74, 6) is 0.935. The Balaban J connectivity index is 2.22. The Bertz CT molecular complexity index is 561. The van der Waals surface area contributed by atoms with Gasteiger partial charge < -0.3 is 13.5 Å². The highest BCUT2D eigenvalue weighted by atomic mass is 31.2. The zero-order valence-electron chi connectivity index (χ0n) is 19.3. The molecule has 1 rings (SSSR count). The second kappa shape index (κ2) is 15.1. The van der Waals surface area contributed by atoms with Gasteiger partial charge in [0, 0.05) is 6.42 Å². The van der Waals surface area contributed by atoms with E-state index in [0.29, 0.717) is 11.8 Å². The molecule has 0 spiro atoms. The van der Waals surface area contributed by atoms with Crippen molar-refractivity contribution >= 4 is 7.60 Å². The van der Waals surface area contributed by atoms with Crippen LogP contribution < -0.4 is 0 Å². The Morgan fingerprint density at radius 1 is 0.759 bits per heavy atom. The van der Waals surface area contributed by atoms with E-state index in [9.17, 15) is 4.57 Å². The summed E-state index contributed by atoms with van der Waals surface area (Å²) in [6.07, 6.45) is 14.8. The van der Waals surface area contributed by atoms with E-state index in [-0.39, 0.29) is 18.4 Å². The van der Waals surface area contributed by atoms with Crippen molar-refractivity contribution in [2.45, 2.75) is 130 Å². The summed E-state index contributed by atoms with van der Waals surface area (Å²) in [5, 5.41) is 8.13. The maximum Gasteiger partial charge on any atom is 0.340 e. The Morgan fingerprint density at radius 3 is 1.69 bits per heavy atom. The van der Waals surface area contributed by atoms with E-state index in [1.54, 1.807) is 0 Å². The van der Waals surface area contributed by atoms with E-state index in [1.165, 1.54) is 64.2 Å². The maximum absolute atomic E-state index is 12.9. The van der Waals surface area contributed by atoms with Crippen molar-refractivity contribution in [2.24, 2.45) is 0 Å². The molecule has 0 amide bonds. The fourth-order valence-electron chi connectivity index (χ4n) is 3.30. The van der Waals surface area contributed by atoms with Crippen molar-refractivity contribution in [1.29, 1.82) is 0 Å². The van der Waals surface area contributed by atoms with Gasteiger partial charge in [0.1, 0.15) is 6.16 Å². The first-order chi connectivity index (χ1) is 13.8. The van der Waals surface area contributed by atoms with Gasteiger partial charge in [-0.1, -0.05) is 71.1 Å². The van der Waals surface area contributed by atoms with E-state index >= 15 is 0 Å². The molecule has 1 aromatic heterocycles. The van der Waals surface area contributed by atoms with Gasteiger partial charge in [0.25, 0.3) is 0 Å². The molecule has 170 valence electrons. The van der Waals surface area contributed by atoms with Gasteiger partial charge in [-0.15, -0.1) is 10.2 Å². The summed E-state index contributed by atoms with van der Waals surface area (Å²) in [5.41, 5.74) is 0. The zero-order chi connectivity index (χ0) is 21.5. The van der Waals surface area contributed by atoms with Gasteiger partial charge in [0.05, 0.1) is 12.2 Å². The molecule has 6 nitrogen and oxygen atoms in total. The molecular formula is C22H43N2O4P. The molecule has 0 aromatic carbocycles. The molecule has 0 saturated carbocycles. The number of rotatable bonds is 18. The fraction of sp³-hybridized carbons (Fsp3) is 0.909. The van der Waals surface area contributed by atoms with Gasteiger partial charge in [-0.05, 0) is 34.1 Å². The third kappa shape index (κ3) is 13.3. The summed E-state index contributed by atoms with van der Waals surface area (Å²) in [4.78, 5) is 0. The number of nitrogens with zero attached hydrogens (tertiary/aromatic N) is 2. The van der Waals surface area contributed by atoms with Crippen LogP contribution in [0.3, 0.4) is 0 Å². The summed E-state index contributed by atoms with van der Waals surface area (Å²) in [7, 11) is -3.29. The van der Waals surface area contributed by atoms with Crippen LogP contribution in [0.15, 0.2) is 4.42 Å². The highest BCUT2D eigenvalue weighted by Gasteiger charge is 2.31. The van der Waals surface area contributed by atoms with Crippen LogP contribution in [0.4, 0.5) is 0 Å². The van der Waals surface area contributed by atoms with Crippen LogP contribution in [0.1, 0.15) is 117 Å². The SMILES string of the molecule is CCCCCCCCCCCCCc1nnc(CP(=O)(OC(C)C)OC(C)C)o1.